The van der Waals surface area contributed by atoms with Crippen molar-refractivity contribution in [1.29, 1.82) is 0 Å². The molecule has 0 bridgehead atoms. The standard InChI is InChI=1S/C16H16FNO3/c1-20-15-8-3-2-7-14(15)16(19)18-9-10-21-13-6-4-5-12(17)11-13/h2-8,11H,9-10H2,1H3,(H,18,19). The fraction of sp³-hybridized carbons (Fsp3) is 0.188. The van der Waals surface area contributed by atoms with Crippen LogP contribution >= 0.6 is 0 Å². The van der Waals surface area contributed by atoms with E-state index in [-0.39, 0.29) is 18.3 Å². The average Bonchev–Trinajstić information content (AvgIpc) is 2.51. The van der Waals surface area contributed by atoms with Gasteiger partial charge in [0.25, 0.3) is 5.91 Å². The van der Waals surface area contributed by atoms with Crippen LogP contribution in [-0.4, -0.2) is 26.2 Å². The lowest BCUT2D eigenvalue weighted by Gasteiger charge is -2.10. The SMILES string of the molecule is COc1ccccc1C(=O)NCCOc1cccc(F)c1. The van der Waals surface area contributed by atoms with Gasteiger partial charge < -0.3 is 14.8 Å². The van der Waals surface area contributed by atoms with E-state index in [2.05, 4.69) is 5.32 Å². The first-order chi connectivity index (χ1) is 10.2. The van der Waals surface area contributed by atoms with Crippen LogP contribution in [0.3, 0.4) is 0 Å². The molecule has 0 aliphatic carbocycles. The second-order valence-corrected chi connectivity index (χ2v) is 4.26. The van der Waals surface area contributed by atoms with Crippen molar-refractivity contribution in [2.24, 2.45) is 0 Å². The minimum Gasteiger partial charge on any atom is -0.496 e. The van der Waals surface area contributed by atoms with E-state index in [0.717, 1.165) is 0 Å². The molecule has 0 aliphatic heterocycles. The zero-order valence-corrected chi connectivity index (χ0v) is 11.6. The molecule has 21 heavy (non-hydrogen) atoms. The molecule has 0 heterocycles. The smallest absolute Gasteiger partial charge is 0.255 e. The Balaban J connectivity index is 1.82. The molecule has 0 spiro atoms. The summed E-state index contributed by atoms with van der Waals surface area (Å²) >= 11 is 0. The number of hydrogen-bond donors (Lipinski definition) is 1. The molecule has 0 unspecified atom stereocenters. The van der Waals surface area contributed by atoms with Crippen molar-refractivity contribution in [3.8, 4) is 11.5 Å². The Morgan fingerprint density at radius 3 is 2.76 bits per heavy atom. The highest BCUT2D eigenvalue weighted by Crippen LogP contribution is 2.16. The van der Waals surface area contributed by atoms with E-state index in [4.69, 9.17) is 9.47 Å². The topological polar surface area (TPSA) is 47.6 Å². The summed E-state index contributed by atoms with van der Waals surface area (Å²) in [5.41, 5.74) is 0.464. The molecule has 0 aliphatic rings. The molecular weight excluding hydrogens is 273 g/mol. The van der Waals surface area contributed by atoms with Gasteiger partial charge in [0.1, 0.15) is 23.9 Å². The van der Waals surface area contributed by atoms with E-state index in [0.29, 0.717) is 23.6 Å². The summed E-state index contributed by atoms with van der Waals surface area (Å²) in [5.74, 6) is 0.350. The summed E-state index contributed by atoms with van der Waals surface area (Å²) < 4.78 is 23.4. The zero-order valence-electron chi connectivity index (χ0n) is 11.6. The van der Waals surface area contributed by atoms with Crippen LogP contribution in [-0.2, 0) is 0 Å². The third-order valence-corrected chi connectivity index (χ3v) is 2.80. The van der Waals surface area contributed by atoms with Crippen molar-refractivity contribution in [1.82, 2.24) is 5.32 Å². The highest BCUT2D eigenvalue weighted by atomic mass is 19.1. The predicted octanol–water partition coefficient (Wildman–Crippen LogP) is 2.64. The molecule has 0 aromatic heterocycles. The van der Waals surface area contributed by atoms with E-state index < -0.39 is 0 Å². The first-order valence-corrected chi connectivity index (χ1v) is 6.50. The Morgan fingerprint density at radius 2 is 2.00 bits per heavy atom. The molecular formula is C16H16FNO3. The zero-order chi connectivity index (χ0) is 15.1. The summed E-state index contributed by atoms with van der Waals surface area (Å²) in [6, 6.07) is 12.8. The molecule has 0 radical (unpaired) electrons. The van der Waals surface area contributed by atoms with Crippen LogP contribution in [0.2, 0.25) is 0 Å². The molecule has 2 aromatic carbocycles. The van der Waals surface area contributed by atoms with Crippen molar-refractivity contribution < 1.29 is 18.7 Å². The van der Waals surface area contributed by atoms with E-state index in [1.54, 1.807) is 36.4 Å². The minimum absolute atomic E-state index is 0.240. The van der Waals surface area contributed by atoms with Gasteiger partial charge in [-0.05, 0) is 24.3 Å². The second-order valence-electron chi connectivity index (χ2n) is 4.26. The first kappa shape index (κ1) is 14.8. The predicted molar refractivity (Wildman–Crippen MR) is 77.2 cm³/mol. The third-order valence-electron chi connectivity index (χ3n) is 2.80. The van der Waals surface area contributed by atoms with E-state index in [1.807, 2.05) is 0 Å². The quantitative estimate of drug-likeness (QED) is 0.832. The van der Waals surface area contributed by atoms with Crippen molar-refractivity contribution in [3.05, 3.63) is 59.9 Å². The van der Waals surface area contributed by atoms with Gasteiger partial charge in [-0.25, -0.2) is 4.39 Å². The average molecular weight is 289 g/mol. The molecule has 0 saturated carbocycles. The summed E-state index contributed by atoms with van der Waals surface area (Å²) in [6.45, 7) is 0.567. The number of carbonyl (C=O) groups excluding carboxylic acids is 1. The normalized spacial score (nSPS) is 10.0. The number of halogens is 1. The second kappa shape index (κ2) is 7.28. The van der Waals surface area contributed by atoms with Crippen LogP contribution < -0.4 is 14.8 Å². The van der Waals surface area contributed by atoms with Gasteiger partial charge in [0.15, 0.2) is 0 Å². The lowest BCUT2D eigenvalue weighted by Crippen LogP contribution is -2.28. The lowest BCUT2D eigenvalue weighted by atomic mass is 10.2. The summed E-state index contributed by atoms with van der Waals surface area (Å²) in [4.78, 5) is 12.0. The molecule has 0 fully saturated rings. The van der Waals surface area contributed by atoms with E-state index in [1.165, 1.54) is 19.2 Å². The number of benzene rings is 2. The minimum atomic E-state index is -0.356. The first-order valence-electron chi connectivity index (χ1n) is 6.50. The van der Waals surface area contributed by atoms with Gasteiger partial charge in [0.05, 0.1) is 19.2 Å². The fourth-order valence-electron chi connectivity index (χ4n) is 1.82. The number of nitrogens with one attached hydrogen (secondary N) is 1. The lowest BCUT2D eigenvalue weighted by molar-refractivity contribution is 0.0944. The summed E-state index contributed by atoms with van der Waals surface area (Å²) in [6.07, 6.45) is 0. The van der Waals surface area contributed by atoms with Crippen LogP contribution in [0.25, 0.3) is 0 Å². The number of ether oxygens (including phenoxy) is 2. The van der Waals surface area contributed by atoms with Crippen LogP contribution in [0.4, 0.5) is 4.39 Å². The van der Waals surface area contributed by atoms with Crippen molar-refractivity contribution >= 4 is 5.91 Å². The summed E-state index contributed by atoms with van der Waals surface area (Å²) in [7, 11) is 1.51. The Labute approximate surface area is 122 Å². The van der Waals surface area contributed by atoms with Gasteiger partial charge in [-0.2, -0.15) is 0 Å². The van der Waals surface area contributed by atoms with Gasteiger partial charge in [-0.3, -0.25) is 4.79 Å². The van der Waals surface area contributed by atoms with Crippen LogP contribution in [0.1, 0.15) is 10.4 Å². The Bertz CT molecular complexity index is 616. The van der Waals surface area contributed by atoms with E-state index >= 15 is 0 Å². The molecule has 5 heteroatoms. The Kier molecular flexibility index (Phi) is 5.15. The number of hydrogen-bond acceptors (Lipinski definition) is 3. The Hall–Kier alpha value is -2.56. The van der Waals surface area contributed by atoms with Gasteiger partial charge in [-0.1, -0.05) is 18.2 Å². The third kappa shape index (κ3) is 4.21. The molecule has 2 aromatic rings. The molecule has 0 saturated heterocycles. The number of para-hydroxylation sites is 1. The summed E-state index contributed by atoms with van der Waals surface area (Å²) in [5, 5.41) is 2.72. The highest BCUT2D eigenvalue weighted by Gasteiger charge is 2.10. The maximum atomic E-state index is 12.9. The molecule has 0 atom stereocenters. The van der Waals surface area contributed by atoms with Crippen LogP contribution in [0, 0.1) is 5.82 Å². The molecule has 1 amide bonds. The van der Waals surface area contributed by atoms with Gasteiger partial charge in [0, 0.05) is 6.07 Å². The number of rotatable bonds is 6. The van der Waals surface area contributed by atoms with Crippen LogP contribution in [0.5, 0.6) is 11.5 Å². The molecule has 110 valence electrons. The van der Waals surface area contributed by atoms with Gasteiger partial charge >= 0.3 is 0 Å². The molecule has 2 rings (SSSR count). The van der Waals surface area contributed by atoms with Gasteiger partial charge in [-0.15, -0.1) is 0 Å². The maximum absolute atomic E-state index is 12.9. The van der Waals surface area contributed by atoms with Gasteiger partial charge in [0.2, 0.25) is 0 Å². The number of carbonyl (C=O) groups is 1. The maximum Gasteiger partial charge on any atom is 0.255 e. The number of methoxy groups -OCH3 is 1. The Morgan fingerprint density at radius 1 is 1.19 bits per heavy atom. The largest absolute Gasteiger partial charge is 0.496 e. The van der Waals surface area contributed by atoms with Crippen molar-refractivity contribution in [3.63, 3.8) is 0 Å². The van der Waals surface area contributed by atoms with Crippen LogP contribution in [0.15, 0.2) is 48.5 Å². The van der Waals surface area contributed by atoms with E-state index in [9.17, 15) is 9.18 Å². The highest BCUT2D eigenvalue weighted by molar-refractivity contribution is 5.96. The van der Waals surface area contributed by atoms with Crippen molar-refractivity contribution in [2.45, 2.75) is 0 Å². The monoisotopic (exact) mass is 289 g/mol. The molecule has 4 nitrogen and oxygen atoms in total. The molecule has 1 N–H and O–H groups in total. The van der Waals surface area contributed by atoms with Crippen molar-refractivity contribution in [2.75, 3.05) is 20.3 Å². The number of amides is 1. The fourth-order valence-corrected chi connectivity index (χ4v) is 1.82.